The quantitative estimate of drug-likeness (QED) is 0.0875. The molecule has 0 radical (unpaired) electrons. The third-order valence-corrected chi connectivity index (χ3v) is 12.4. The normalized spacial score (nSPS) is 32.8. The fourth-order valence-corrected chi connectivity index (χ4v) is 9.66. The molecule has 0 heterocycles. The van der Waals surface area contributed by atoms with Crippen LogP contribution < -0.4 is 0 Å². The Labute approximate surface area is 269 Å². The Morgan fingerprint density at radius 2 is 1.30 bits per heavy atom. The number of esters is 2. The van der Waals surface area contributed by atoms with Crippen LogP contribution in [-0.4, -0.2) is 29.9 Å². The summed E-state index contributed by atoms with van der Waals surface area (Å²) >= 11 is 0. The average Bonchev–Trinajstić information content (AvgIpc) is 3.29. The molecule has 0 N–H and O–H groups in total. The lowest BCUT2D eigenvalue weighted by Gasteiger charge is -2.58. The van der Waals surface area contributed by atoms with Gasteiger partial charge in [0.05, 0.1) is 0 Å². The first kappa shape index (κ1) is 35.2. The van der Waals surface area contributed by atoms with Gasteiger partial charge < -0.3 is 9.47 Å². The maximum absolute atomic E-state index is 13.2. The number of fused-ring (bicyclic) bond motifs is 5. The third kappa shape index (κ3) is 8.78. The Bertz CT molecular complexity index is 985. The van der Waals surface area contributed by atoms with Gasteiger partial charge in [0.1, 0.15) is 18.0 Å². The summed E-state index contributed by atoms with van der Waals surface area (Å²) in [5.41, 5.74) is 1.04. The van der Waals surface area contributed by atoms with Crippen molar-refractivity contribution in [3.8, 4) is 0 Å². The molecular formula is C39H64O5. The zero-order valence-electron chi connectivity index (χ0n) is 28.8. The molecule has 5 nitrogen and oxygen atoms in total. The lowest BCUT2D eigenvalue weighted by atomic mass is 9.47. The van der Waals surface area contributed by atoms with E-state index in [1.165, 1.54) is 96.0 Å². The van der Waals surface area contributed by atoms with Crippen LogP contribution in [0.5, 0.6) is 0 Å². The average molecular weight is 613 g/mol. The molecule has 0 aliphatic heterocycles. The number of ether oxygens (including phenoxy) is 2. The molecule has 44 heavy (non-hydrogen) atoms. The number of carbonyl (C=O) groups excluding carboxylic acids is 3. The van der Waals surface area contributed by atoms with Crippen molar-refractivity contribution in [1.82, 2.24) is 0 Å². The molecule has 0 aromatic heterocycles. The summed E-state index contributed by atoms with van der Waals surface area (Å²) in [5, 5.41) is 0. The number of hydrogen-bond acceptors (Lipinski definition) is 5. The first-order chi connectivity index (χ1) is 21.2. The Balaban J connectivity index is 1.22. The van der Waals surface area contributed by atoms with Crippen LogP contribution in [-0.2, 0) is 23.9 Å². The number of unbranched alkanes of at least 4 members (excludes halogenated alkanes) is 14. The van der Waals surface area contributed by atoms with Gasteiger partial charge in [-0.15, -0.1) is 0 Å². The van der Waals surface area contributed by atoms with Gasteiger partial charge in [0.25, 0.3) is 0 Å². The van der Waals surface area contributed by atoms with Crippen LogP contribution in [0.25, 0.3) is 0 Å². The highest BCUT2D eigenvalue weighted by Gasteiger charge is 2.61. The summed E-state index contributed by atoms with van der Waals surface area (Å²) in [7, 11) is 0. The van der Waals surface area contributed by atoms with Crippen LogP contribution in [0.4, 0.5) is 0 Å². The highest BCUT2D eigenvalue weighted by atomic mass is 16.5. The highest BCUT2D eigenvalue weighted by Crippen LogP contribution is 2.64. The molecule has 5 heteroatoms. The monoisotopic (exact) mass is 612 g/mol. The topological polar surface area (TPSA) is 69.7 Å². The first-order valence-corrected chi connectivity index (χ1v) is 18.8. The summed E-state index contributed by atoms with van der Waals surface area (Å²) in [6, 6.07) is 0. The third-order valence-electron chi connectivity index (χ3n) is 12.4. The molecule has 7 atom stereocenters. The van der Waals surface area contributed by atoms with Crippen LogP contribution in [0.3, 0.4) is 0 Å². The van der Waals surface area contributed by atoms with Crippen LogP contribution in [0, 0.1) is 28.6 Å². The van der Waals surface area contributed by atoms with E-state index in [9.17, 15) is 14.4 Å². The Kier molecular flexibility index (Phi) is 13.4. The van der Waals surface area contributed by atoms with Crippen LogP contribution >= 0.6 is 0 Å². The molecule has 4 rings (SSSR count). The molecule has 0 aromatic carbocycles. The predicted molar refractivity (Wildman–Crippen MR) is 177 cm³/mol. The highest BCUT2D eigenvalue weighted by molar-refractivity contribution is 5.87. The molecule has 0 saturated heterocycles. The van der Waals surface area contributed by atoms with Crippen molar-refractivity contribution >= 4 is 17.7 Å². The van der Waals surface area contributed by atoms with Crippen LogP contribution in [0.1, 0.15) is 175 Å². The lowest BCUT2D eigenvalue weighted by molar-refractivity contribution is -0.161. The SMILES string of the molecule is CCCCCCCCCCCCCCCCCC(=O)OC1C=C2C[C@@H](OC(C)=O)CC[C@]2(C)C2CC[C@]3(C)C(=O)CCC3C12. The lowest BCUT2D eigenvalue weighted by Crippen LogP contribution is -2.55. The number of Topliss-reactive ketones (excluding diaryl/α,β-unsaturated/α-hetero) is 1. The van der Waals surface area contributed by atoms with Gasteiger partial charge in [0.15, 0.2) is 0 Å². The molecule has 0 bridgehead atoms. The van der Waals surface area contributed by atoms with Crippen molar-refractivity contribution in [3.05, 3.63) is 11.6 Å². The summed E-state index contributed by atoms with van der Waals surface area (Å²) in [4.78, 5) is 38.0. The maximum atomic E-state index is 13.2. The van der Waals surface area contributed by atoms with E-state index < -0.39 is 0 Å². The minimum absolute atomic E-state index is 0.0193. The molecule has 3 saturated carbocycles. The fraction of sp³-hybridized carbons (Fsp3) is 0.872. The number of ketones is 1. The molecule has 4 aliphatic rings. The van der Waals surface area contributed by atoms with Gasteiger partial charge in [0, 0.05) is 37.5 Å². The molecule has 3 fully saturated rings. The van der Waals surface area contributed by atoms with Gasteiger partial charge in [-0.1, -0.05) is 116 Å². The Hall–Kier alpha value is -1.65. The van der Waals surface area contributed by atoms with E-state index >= 15 is 0 Å². The zero-order valence-corrected chi connectivity index (χ0v) is 28.8. The standard InChI is InChI=1S/C39H64O5/c1-5-6-7-8-9-10-11-12-13-14-15-16-17-18-19-20-36(42)44-34-28-30-27-31(43-29(2)40)23-25-38(30,3)33-24-26-39(4)32(37(33)34)21-22-35(39)41/h28,31-34,37H,5-27H2,1-4H3/t31-,32?,33?,34?,37?,38-,39-/m0/s1. The second-order valence-corrected chi connectivity index (χ2v) is 15.4. The van der Waals surface area contributed by atoms with E-state index in [1.54, 1.807) is 0 Å². The van der Waals surface area contributed by atoms with Gasteiger partial charge in [-0.2, -0.15) is 0 Å². The second kappa shape index (κ2) is 16.8. The zero-order chi connectivity index (χ0) is 31.6. The Morgan fingerprint density at radius 1 is 0.750 bits per heavy atom. The molecule has 250 valence electrons. The van der Waals surface area contributed by atoms with Gasteiger partial charge in [-0.25, -0.2) is 0 Å². The van der Waals surface area contributed by atoms with E-state index in [4.69, 9.17) is 9.47 Å². The van der Waals surface area contributed by atoms with E-state index in [0.717, 1.165) is 51.4 Å². The number of rotatable bonds is 18. The second-order valence-electron chi connectivity index (χ2n) is 15.4. The van der Waals surface area contributed by atoms with Gasteiger partial charge in [-0.05, 0) is 61.9 Å². The number of hydrogen-bond donors (Lipinski definition) is 0. The molecular weight excluding hydrogens is 548 g/mol. The van der Waals surface area contributed by atoms with Crippen molar-refractivity contribution in [2.75, 3.05) is 0 Å². The van der Waals surface area contributed by atoms with Crippen molar-refractivity contribution in [2.24, 2.45) is 28.6 Å². The number of carbonyl (C=O) groups is 3. The minimum atomic E-state index is -0.281. The molecule has 0 amide bonds. The molecule has 4 aliphatic carbocycles. The molecule has 0 spiro atoms. The van der Waals surface area contributed by atoms with Crippen LogP contribution in [0.15, 0.2) is 11.6 Å². The first-order valence-electron chi connectivity index (χ1n) is 18.8. The molecule has 0 aromatic rings. The summed E-state index contributed by atoms with van der Waals surface area (Å²) < 4.78 is 12.0. The van der Waals surface area contributed by atoms with Crippen molar-refractivity contribution in [1.29, 1.82) is 0 Å². The van der Waals surface area contributed by atoms with Crippen molar-refractivity contribution in [2.45, 2.75) is 188 Å². The summed E-state index contributed by atoms with van der Waals surface area (Å²) in [6.07, 6.45) is 28.0. The smallest absolute Gasteiger partial charge is 0.306 e. The van der Waals surface area contributed by atoms with Gasteiger partial charge in [-0.3, -0.25) is 14.4 Å². The van der Waals surface area contributed by atoms with Gasteiger partial charge >= 0.3 is 11.9 Å². The van der Waals surface area contributed by atoms with E-state index in [2.05, 4.69) is 26.8 Å². The summed E-state index contributed by atoms with van der Waals surface area (Å²) in [6.45, 7) is 8.32. The minimum Gasteiger partial charge on any atom is -0.462 e. The van der Waals surface area contributed by atoms with Gasteiger partial charge in [0.2, 0.25) is 0 Å². The molecule has 4 unspecified atom stereocenters. The van der Waals surface area contributed by atoms with E-state index in [-0.39, 0.29) is 46.8 Å². The predicted octanol–water partition coefficient (Wildman–Crippen LogP) is 10.2. The van der Waals surface area contributed by atoms with Crippen LogP contribution in [0.2, 0.25) is 0 Å². The summed E-state index contributed by atoms with van der Waals surface area (Å²) in [5.74, 6) is 0.961. The fourth-order valence-electron chi connectivity index (χ4n) is 9.66. The van der Waals surface area contributed by atoms with E-state index in [0.29, 0.717) is 24.5 Å². The maximum Gasteiger partial charge on any atom is 0.306 e. The van der Waals surface area contributed by atoms with Crippen molar-refractivity contribution < 1.29 is 23.9 Å². The Morgan fingerprint density at radius 3 is 1.89 bits per heavy atom. The largest absolute Gasteiger partial charge is 0.462 e. The van der Waals surface area contributed by atoms with E-state index in [1.807, 2.05) is 0 Å². The van der Waals surface area contributed by atoms with Crippen molar-refractivity contribution in [3.63, 3.8) is 0 Å².